The first kappa shape index (κ1) is 19.3. The fourth-order valence-electron chi connectivity index (χ4n) is 2.94. The summed E-state index contributed by atoms with van der Waals surface area (Å²) in [4.78, 5) is 16.8. The highest BCUT2D eigenvalue weighted by Crippen LogP contribution is 2.34. The van der Waals surface area contributed by atoms with Crippen LogP contribution < -0.4 is 11.5 Å². The number of benzene rings is 2. The van der Waals surface area contributed by atoms with Crippen molar-refractivity contribution in [2.24, 2.45) is 16.5 Å². The molecule has 5 nitrogen and oxygen atoms in total. The lowest BCUT2D eigenvalue weighted by atomic mass is 9.90. The summed E-state index contributed by atoms with van der Waals surface area (Å²) in [5.74, 6) is -2.28. The summed E-state index contributed by atoms with van der Waals surface area (Å²) in [6.45, 7) is 0.254. The quantitative estimate of drug-likeness (QED) is 0.602. The molecule has 4 N–H and O–H groups in total. The van der Waals surface area contributed by atoms with Crippen molar-refractivity contribution in [3.8, 4) is 11.1 Å². The third kappa shape index (κ3) is 3.63. The Balaban J connectivity index is 0.00000243. The van der Waals surface area contributed by atoms with Crippen LogP contribution in [-0.4, -0.2) is 23.4 Å². The number of fused-ring (bicyclic) bond motifs is 1. The smallest absolute Gasteiger partial charge is 0.347 e. The maximum Gasteiger partial charge on any atom is 0.347 e. The van der Waals surface area contributed by atoms with E-state index in [9.17, 15) is 18.0 Å². The fourth-order valence-corrected chi connectivity index (χ4v) is 2.94. The van der Waals surface area contributed by atoms with E-state index < -0.39 is 23.5 Å². The molecule has 26 heavy (non-hydrogen) atoms. The number of halogens is 3. The van der Waals surface area contributed by atoms with Gasteiger partial charge < -0.3 is 16.4 Å². The maximum absolute atomic E-state index is 14.2. The van der Waals surface area contributed by atoms with E-state index in [0.29, 0.717) is 16.7 Å². The molecule has 0 fully saturated rings. The summed E-state index contributed by atoms with van der Waals surface area (Å²) in [6, 6.07) is 5.18. The number of carbonyl (C=O) groups is 1. The van der Waals surface area contributed by atoms with Crippen LogP contribution in [0.1, 0.15) is 18.6 Å². The van der Waals surface area contributed by atoms with Crippen molar-refractivity contribution < 1.29 is 18.0 Å². The number of nitrogens with two attached hydrogens (primary N) is 2. The zero-order chi connectivity index (χ0) is 18.1. The molecule has 2 aromatic rings. The van der Waals surface area contributed by atoms with Gasteiger partial charge in [-0.15, -0.1) is 0 Å². The average Bonchev–Trinajstić information content (AvgIpc) is 2.55. The van der Waals surface area contributed by atoms with Crippen LogP contribution in [0.5, 0.6) is 0 Å². The second-order valence-electron chi connectivity index (χ2n) is 5.67. The van der Waals surface area contributed by atoms with Crippen molar-refractivity contribution in [3.05, 3.63) is 58.9 Å². The minimum absolute atomic E-state index is 0. The lowest BCUT2D eigenvalue weighted by Gasteiger charge is -2.29. The first-order valence-corrected chi connectivity index (χ1v) is 7.51. The van der Waals surface area contributed by atoms with E-state index in [1.165, 1.54) is 23.1 Å². The molecule has 0 radical (unpaired) electrons. The standard InChI is InChI=1S/C17H15F3N4O.CH4/c18-9-1-2-11(15(20)7-9)10-3-4-14(19)12-5-6-24(8-13(10)12)17(25)23-16(21)22;/h1-4,7H,5-6,8H2,(H4,21,22,23,25);1H4. The maximum atomic E-state index is 14.2. The van der Waals surface area contributed by atoms with E-state index in [2.05, 4.69) is 4.99 Å². The van der Waals surface area contributed by atoms with Crippen LogP contribution in [0.25, 0.3) is 11.1 Å². The number of rotatable bonds is 1. The molecular formula is C18H19F3N4O. The SMILES string of the molecule is C.NC(N)=NC(=O)N1CCc2c(F)ccc(-c3ccc(F)cc3F)c2C1. The number of amides is 2. The van der Waals surface area contributed by atoms with E-state index in [-0.39, 0.29) is 38.5 Å². The monoisotopic (exact) mass is 364 g/mol. The number of hydrogen-bond acceptors (Lipinski definition) is 1. The van der Waals surface area contributed by atoms with Crippen LogP contribution >= 0.6 is 0 Å². The van der Waals surface area contributed by atoms with Gasteiger partial charge in [-0.1, -0.05) is 13.5 Å². The molecule has 3 rings (SSSR count). The Labute approximate surface area is 149 Å². The first-order valence-electron chi connectivity index (χ1n) is 7.51. The van der Waals surface area contributed by atoms with Gasteiger partial charge in [0.15, 0.2) is 5.96 Å². The highest BCUT2D eigenvalue weighted by atomic mass is 19.1. The summed E-state index contributed by atoms with van der Waals surface area (Å²) >= 11 is 0. The third-order valence-corrected chi connectivity index (χ3v) is 4.07. The lowest BCUT2D eigenvalue weighted by molar-refractivity contribution is 0.202. The van der Waals surface area contributed by atoms with E-state index in [1.807, 2.05) is 0 Å². The predicted octanol–water partition coefficient (Wildman–Crippen LogP) is 3.16. The Morgan fingerprint density at radius 1 is 1.00 bits per heavy atom. The largest absolute Gasteiger partial charge is 0.370 e. The Bertz CT molecular complexity index is 879. The molecule has 0 spiro atoms. The zero-order valence-electron chi connectivity index (χ0n) is 13.1. The number of urea groups is 1. The first-order chi connectivity index (χ1) is 11.9. The molecule has 0 saturated carbocycles. The minimum Gasteiger partial charge on any atom is -0.370 e. The number of hydrogen-bond donors (Lipinski definition) is 2. The molecular weight excluding hydrogens is 345 g/mol. The van der Waals surface area contributed by atoms with Crippen LogP contribution in [0.4, 0.5) is 18.0 Å². The molecule has 1 heterocycles. The second-order valence-corrected chi connectivity index (χ2v) is 5.67. The Hall–Kier alpha value is -3.03. The van der Waals surface area contributed by atoms with Gasteiger partial charge in [-0.05, 0) is 41.3 Å². The minimum atomic E-state index is -0.763. The normalized spacial score (nSPS) is 12.8. The van der Waals surface area contributed by atoms with Crippen molar-refractivity contribution in [3.63, 3.8) is 0 Å². The van der Waals surface area contributed by atoms with Gasteiger partial charge in [-0.25, -0.2) is 18.0 Å². The average molecular weight is 364 g/mol. The van der Waals surface area contributed by atoms with Crippen molar-refractivity contribution >= 4 is 12.0 Å². The molecule has 1 aliphatic rings. The van der Waals surface area contributed by atoms with Crippen molar-refractivity contribution in [2.75, 3.05) is 6.54 Å². The van der Waals surface area contributed by atoms with Crippen LogP contribution in [0.15, 0.2) is 35.3 Å². The van der Waals surface area contributed by atoms with Crippen LogP contribution in [-0.2, 0) is 13.0 Å². The molecule has 1 aliphatic heterocycles. The molecule has 2 aromatic carbocycles. The Morgan fingerprint density at radius 3 is 2.35 bits per heavy atom. The second kappa shape index (κ2) is 7.47. The molecule has 0 saturated heterocycles. The van der Waals surface area contributed by atoms with E-state index in [0.717, 1.165) is 12.1 Å². The van der Waals surface area contributed by atoms with E-state index >= 15 is 0 Å². The number of carbonyl (C=O) groups excluding carboxylic acids is 1. The highest BCUT2D eigenvalue weighted by Gasteiger charge is 2.26. The van der Waals surface area contributed by atoms with Gasteiger partial charge in [0, 0.05) is 24.7 Å². The summed E-state index contributed by atoms with van der Waals surface area (Å²) in [6.07, 6.45) is 0.240. The van der Waals surface area contributed by atoms with Crippen LogP contribution in [0, 0.1) is 17.5 Å². The van der Waals surface area contributed by atoms with Gasteiger partial charge in [-0.3, -0.25) is 0 Å². The molecule has 2 amide bonds. The van der Waals surface area contributed by atoms with Crippen LogP contribution in [0.3, 0.4) is 0 Å². The molecule has 8 heteroatoms. The van der Waals surface area contributed by atoms with Crippen molar-refractivity contribution in [2.45, 2.75) is 20.4 Å². The van der Waals surface area contributed by atoms with Gasteiger partial charge in [0.05, 0.1) is 0 Å². The summed E-state index contributed by atoms with van der Waals surface area (Å²) in [7, 11) is 0. The predicted molar refractivity (Wildman–Crippen MR) is 93.8 cm³/mol. The van der Waals surface area contributed by atoms with Gasteiger partial charge >= 0.3 is 6.03 Å². The Morgan fingerprint density at radius 2 is 1.69 bits per heavy atom. The van der Waals surface area contributed by atoms with Crippen molar-refractivity contribution in [1.82, 2.24) is 4.90 Å². The highest BCUT2D eigenvalue weighted by molar-refractivity contribution is 5.90. The van der Waals surface area contributed by atoms with Crippen LogP contribution in [0.2, 0.25) is 0 Å². The zero-order valence-corrected chi connectivity index (χ0v) is 13.1. The molecule has 0 aromatic heterocycles. The topological polar surface area (TPSA) is 84.7 Å². The number of aliphatic imine (C=N–C) groups is 1. The molecule has 0 unspecified atom stereocenters. The summed E-state index contributed by atoms with van der Waals surface area (Å²) < 4.78 is 41.5. The van der Waals surface area contributed by atoms with Crippen molar-refractivity contribution in [1.29, 1.82) is 0 Å². The summed E-state index contributed by atoms with van der Waals surface area (Å²) in [5.41, 5.74) is 11.8. The summed E-state index contributed by atoms with van der Waals surface area (Å²) in [5, 5.41) is 0. The number of guanidine groups is 1. The Kier molecular flexibility index (Phi) is 5.54. The molecule has 0 atom stereocenters. The molecule has 0 bridgehead atoms. The fraction of sp³-hybridized carbons (Fsp3) is 0.222. The number of nitrogens with zero attached hydrogens (tertiary/aromatic N) is 2. The van der Waals surface area contributed by atoms with E-state index in [4.69, 9.17) is 11.5 Å². The lowest BCUT2D eigenvalue weighted by Crippen LogP contribution is -2.37. The van der Waals surface area contributed by atoms with Gasteiger partial charge in [-0.2, -0.15) is 4.99 Å². The van der Waals surface area contributed by atoms with Gasteiger partial charge in [0.1, 0.15) is 17.5 Å². The molecule has 138 valence electrons. The van der Waals surface area contributed by atoms with Gasteiger partial charge in [0.25, 0.3) is 0 Å². The third-order valence-electron chi connectivity index (χ3n) is 4.07. The van der Waals surface area contributed by atoms with Gasteiger partial charge in [0.2, 0.25) is 0 Å². The molecule has 0 aliphatic carbocycles. The van der Waals surface area contributed by atoms with E-state index in [1.54, 1.807) is 0 Å².